The molecular formula is C34H33F10NO7S2. The molecule has 298 valence electrons. The summed E-state index contributed by atoms with van der Waals surface area (Å²) >= 11 is 0. The number of carbonyl (C=O) groups is 2. The maximum absolute atomic E-state index is 15.6. The number of benzene rings is 2. The van der Waals surface area contributed by atoms with E-state index in [4.69, 9.17) is 4.18 Å². The number of fused-ring (bicyclic) bond motifs is 4. The van der Waals surface area contributed by atoms with Crippen molar-refractivity contribution >= 4 is 31.7 Å². The van der Waals surface area contributed by atoms with Crippen molar-refractivity contribution in [2.75, 3.05) is 11.5 Å². The van der Waals surface area contributed by atoms with E-state index >= 15 is 17.6 Å². The number of nitrogens with one attached hydrogen (secondary N) is 1. The van der Waals surface area contributed by atoms with Crippen molar-refractivity contribution in [2.45, 2.75) is 78.4 Å². The summed E-state index contributed by atoms with van der Waals surface area (Å²) in [5.74, 6) is -32.9. The molecule has 6 atom stereocenters. The summed E-state index contributed by atoms with van der Waals surface area (Å²) in [5.41, 5.74) is -10.4. The molecule has 0 saturated heterocycles. The fourth-order valence-corrected chi connectivity index (χ4v) is 13.5. The highest BCUT2D eigenvalue weighted by Gasteiger charge is 2.67. The molecule has 4 bridgehead atoms. The van der Waals surface area contributed by atoms with Crippen LogP contribution in [0.25, 0.3) is 0 Å². The van der Waals surface area contributed by atoms with E-state index in [2.05, 4.69) is 0 Å². The predicted octanol–water partition coefficient (Wildman–Crippen LogP) is 6.92. The van der Waals surface area contributed by atoms with Gasteiger partial charge >= 0.3 is 0 Å². The summed E-state index contributed by atoms with van der Waals surface area (Å²) < 4.78 is 212. The van der Waals surface area contributed by atoms with E-state index < -0.39 is 146 Å². The number of halogens is 10. The molecule has 0 aliphatic heterocycles. The molecule has 0 aromatic heterocycles. The first-order valence-corrected chi connectivity index (χ1v) is 19.9. The maximum Gasteiger partial charge on any atom is 0.268 e. The molecular weight excluding hydrogens is 788 g/mol. The van der Waals surface area contributed by atoms with E-state index in [0.29, 0.717) is 12.8 Å². The van der Waals surface area contributed by atoms with Crippen molar-refractivity contribution in [3.8, 4) is 0 Å². The highest BCUT2D eigenvalue weighted by Crippen LogP contribution is 2.65. The van der Waals surface area contributed by atoms with Gasteiger partial charge in [-0.2, -0.15) is 8.42 Å². The van der Waals surface area contributed by atoms with Crippen molar-refractivity contribution in [3.05, 3.63) is 69.3 Å². The Labute approximate surface area is 303 Å². The van der Waals surface area contributed by atoms with Crippen LogP contribution in [-0.4, -0.2) is 39.9 Å². The van der Waals surface area contributed by atoms with E-state index in [1.165, 1.54) is 18.6 Å². The molecule has 4 aliphatic carbocycles. The second kappa shape index (κ2) is 12.7. The minimum atomic E-state index is -5.64. The van der Waals surface area contributed by atoms with Crippen LogP contribution >= 0.6 is 0 Å². The minimum absolute atomic E-state index is 0.0730. The van der Waals surface area contributed by atoms with Crippen LogP contribution in [0.2, 0.25) is 0 Å². The summed E-state index contributed by atoms with van der Waals surface area (Å²) in [6.07, 6.45) is -3.40. The Hall–Kier alpha value is -3.10. The Morgan fingerprint density at radius 3 is 1.30 bits per heavy atom. The van der Waals surface area contributed by atoms with Crippen LogP contribution in [0, 0.1) is 91.7 Å². The molecule has 0 spiro atoms. The molecule has 1 N–H and O–H groups in total. The lowest BCUT2D eigenvalue weighted by Gasteiger charge is -2.38. The number of hydrogen-bond acceptors (Lipinski definition) is 7. The van der Waals surface area contributed by atoms with Crippen molar-refractivity contribution in [2.24, 2.45) is 33.5 Å². The van der Waals surface area contributed by atoms with Crippen LogP contribution in [0.1, 0.15) is 89.5 Å². The van der Waals surface area contributed by atoms with E-state index in [-0.39, 0.29) is 37.5 Å². The van der Waals surface area contributed by atoms with Crippen molar-refractivity contribution < 1.29 is 74.5 Å². The summed E-state index contributed by atoms with van der Waals surface area (Å²) in [7, 11) is -11.1. The Kier molecular flexibility index (Phi) is 9.54. The quantitative estimate of drug-likeness (QED) is 0.113. The van der Waals surface area contributed by atoms with Crippen LogP contribution in [0.5, 0.6) is 0 Å². The maximum atomic E-state index is 15.6. The molecule has 6 rings (SSSR count). The van der Waals surface area contributed by atoms with Gasteiger partial charge in [0.25, 0.3) is 10.1 Å². The molecule has 0 unspecified atom stereocenters. The second-order valence-electron chi connectivity index (χ2n) is 15.9. The van der Waals surface area contributed by atoms with Gasteiger partial charge in [0.05, 0.1) is 34.1 Å². The van der Waals surface area contributed by atoms with Gasteiger partial charge in [0.2, 0.25) is 21.7 Å². The number of hydrogen-bond donors (Lipinski definition) is 1. The van der Waals surface area contributed by atoms with Gasteiger partial charge in [-0.1, -0.05) is 27.7 Å². The van der Waals surface area contributed by atoms with Gasteiger partial charge in [0.1, 0.15) is 17.7 Å². The first-order valence-electron chi connectivity index (χ1n) is 16.7. The van der Waals surface area contributed by atoms with Gasteiger partial charge in [-0.3, -0.25) is 13.8 Å². The summed E-state index contributed by atoms with van der Waals surface area (Å²) in [5, 5.41) is 0. The van der Waals surface area contributed by atoms with Gasteiger partial charge in [-0.25, -0.2) is 57.0 Å². The fraction of sp³-hybridized carbons (Fsp3) is 0.588. The van der Waals surface area contributed by atoms with Crippen molar-refractivity contribution in [1.29, 1.82) is 0 Å². The standard InChI is InChI=1S/C34H33F10NO7S2/c1-31(2)13-5-7-33(31,15(46)9-13)11-53(48,49)45-29(17-19(35)23(39)27(43)24(40)20(17)36)30(18-21(37)25(41)28(44)26(42)22(18)38)52-54(50,51)12-34-8-6-14(10-16(34)47)32(34,3)4/h13-14,29-30,45H,5-12H2,1-4H3/t13-,14-,29+,30-,33-,34-/m1/s1. The molecule has 54 heavy (non-hydrogen) atoms. The number of rotatable bonds is 11. The molecule has 2 aromatic rings. The van der Waals surface area contributed by atoms with E-state index in [9.17, 15) is 52.8 Å². The minimum Gasteiger partial charge on any atom is -0.299 e. The zero-order chi connectivity index (χ0) is 40.5. The van der Waals surface area contributed by atoms with E-state index in [1.54, 1.807) is 13.8 Å². The van der Waals surface area contributed by atoms with Gasteiger partial charge in [-0.15, -0.1) is 0 Å². The molecule has 4 saturated carbocycles. The van der Waals surface area contributed by atoms with E-state index in [0.717, 1.165) is 0 Å². The summed E-state index contributed by atoms with van der Waals surface area (Å²) in [6, 6.07) is -3.50. The third kappa shape index (κ3) is 5.65. The number of ketones is 2. The third-order valence-corrected chi connectivity index (χ3v) is 15.9. The topological polar surface area (TPSA) is 124 Å². The van der Waals surface area contributed by atoms with Gasteiger partial charge < -0.3 is 0 Å². The lowest BCUT2D eigenvalue weighted by atomic mass is 9.70. The number of Topliss-reactive ketones (excluding diaryl/α,β-unsaturated/α-hetero) is 2. The Bertz CT molecular complexity index is 2020. The monoisotopic (exact) mass is 821 g/mol. The SMILES string of the molecule is CC1(C)[C@@H]2CC[C@@]1(CS(=O)(=O)N[C@@H](c1c(F)c(F)c(F)c(F)c1F)[C@H](OS(=O)(=O)C[C@]13CC[C@H](CC1=O)C3(C)C)c1c(F)c(F)c(F)c(F)c1F)C(=O)C2. The van der Waals surface area contributed by atoms with Crippen molar-refractivity contribution in [3.63, 3.8) is 0 Å². The molecule has 2 aromatic carbocycles. The van der Waals surface area contributed by atoms with Crippen molar-refractivity contribution in [1.82, 2.24) is 4.72 Å². The van der Waals surface area contributed by atoms with Crippen LogP contribution in [0.3, 0.4) is 0 Å². The Morgan fingerprint density at radius 2 is 0.944 bits per heavy atom. The molecule has 4 fully saturated rings. The van der Waals surface area contributed by atoms with Gasteiger partial charge in [0, 0.05) is 18.3 Å². The lowest BCUT2D eigenvalue weighted by molar-refractivity contribution is -0.128. The molecule has 20 heteroatoms. The van der Waals surface area contributed by atoms with Crippen LogP contribution < -0.4 is 4.72 Å². The summed E-state index contributed by atoms with van der Waals surface area (Å²) in [4.78, 5) is 26.4. The normalized spacial score (nSPS) is 28.3. The summed E-state index contributed by atoms with van der Waals surface area (Å²) in [6.45, 7) is 6.13. The number of carbonyl (C=O) groups excluding carboxylic acids is 2. The first kappa shape index (κ1) is 40.6. The highest BCUT2D eigenvalue weighted by molar-refractivity contribution is 7.89. The molecule has 4 aliphatic rings. The smallest absolute Gasteiger partial charge is 0.268 e. The third-order valence-electron chi connectivity index (χ3n) is 13.1. The zero-order valence-corrected chi connectivity index (χ0v) is 30.6. The largest absolute Gasteiger partial charge is 0.299 e. The van der Waals surface area contributed by atoms with Gasteiger partial charge in [-0.05, 0) is 48.3 Å². The Balaban J connectivity index is 1.59. The fourth-order valence-electron chi connectivity index (χ4n) is 9.58. The van der Waals surface area contributed by atoms with Crippen LogP contribution in [0.4, 0.5) is 43.9 Å². The molecule has 0 radical (unpaired) electrons. The highest BCUT2D eigenvalue weighted by atomic mass is 32.2. The van der Waals surface area contributed by atoms with E-state index in [1.807, 2.05) is 0 Å². The average Bonchev–Trinajstić information content (AvgIpc) is 3.60. The van der Waals surface area contributed by atoms with Crippen LogP contribution in [-0.2, 0) is 33.9 Å². The average molecular weight is 822 g/mol. The molecule has 0 amide bonds. The second-order valence-corrected chi connectivity index (χ2v) is 19.2. The van der Waals surface area contributed by atoms with Crippen LogP contribution in [0.15, 0.2) is 0 Å². The molecule has 0 heterocycles. The van der Waals surface area contributed by atoms with Gasteiger partial charge in [0.15, 0.2) is 46.5 Å². The Morgan fingerprint density at radius 1 is 0.593 bits per heavy atom. The lowest BCUT2D eigenvalue weighted by Crippen LogP contribution is -2.47. The predicted molar refractivity (Wildman–Crippen MR) is 167 cm³/mol. The zero-order valence-electron chi connectivity index (χ0n) is 28.9. The first-order chi connectivity index (χ1) is 24.7. The number of sulfonamides is 1. The molecule has 8 nitrogen and oxygen atoms in total.